The number of ether oxygens (including phenoxy) is 3. The molecule has 0 bridgehead atoms. The van der Waals surface area contributed by atoms with E-state index < -0.39 is 36.6 Å². The minimum absolute atomic E-state index is 0.0413. The third-order valence-electron chi connectivity index (χ3n) is 7.40. The van der Waals surface area contributed by atoms with Crippen LogP contribution in [0.1, 0.15) is 60.8 Å². The molecule has 3 aromatic rings. The van der Waals surface area contributed by atoms with Gasteiger partial charge in [-0.3, -0.25) is 4.79 Å². The molecule has 0 unspecified atom stereocenters. The molecule has 1 aliphatic heterocycles. The average Bonchev–Trinajstić information content (AvgIpc) is 2.98. The summed E-state index contributed by atoms with van der Waals surface area (Å²) in [5.74, 6) is 0.0967. The van der Waals surface area contributed by atoms with Crippen LogP contribution in [0.2, 0.25) is 0 Å². The van der Waals surface area contributed by atoms with Gasteiger partial charge in [-0.25, -0.2) is 4.79 Å². The molecule has 4 rings (SSSR count). The van der Waals surface area contributed by atoms with E-state index in [4.69, 9.17) is 14.2 Å². The average molecular weight is 647 g/mol. The zero-order valence-electron chi connectivity index (χ0n) is 25.9. The van der Waals surface area contributed by atoms with Gasteiger partial charge in [-0.15, -0.1) is 0 Å². The molecular formula is C33H38F3N2O6P. The number of hydrogen-bond donors (Lipinski definition) is 2. The van der Waals surface area contributed by atoms with Gasteiger partial charge in [0, 0.05) is 24.4 Å². The molecule has 0 aromatic heterocycles. The predicted octanol–water partition coefficient (Wildman–Crippen LogP) is 6.92. The Bertz CT molecular complexity index is 1570. The first-order valence-electron chi connectivity index (χ1n) is 14.5. The van der Waals surface area contributed by atoms with Crippen molar-refractivity contribution in [3.63, 3.8) is 0 Å². The molecule has 2 amide bonds. The maximum absolute atomic E-state index is 13.6. The van der Waals surface area contributed by atoms with E-state index in [1.807, 2.05) is 0 Å². The Labute approximate surface area is 261 Å². The highest BCUT2D eigenvalue weighted by Crippen LogP contribution is 2.48. The second kappa shape index (κ2) is 13.7. The normalized spacial score (nSPS) is 15.6. The van der Waals surface area contributed by atoms with Crippen molar-refractivity contribution in [3.05, 3.63) is 82.9 Å². The third kappa shape index (κ3) is 8.67. The first-order chi connectivity index (χ1) is 21.1. The van der Waals surface area contributed by atoms with Crippen LogP contribution >= 0.6 is 7.14 Å². The van der Waals surface area contributed by atoms with Crippen LogP contribution in [0.4, 0.5) is 18.0 Å². The van der Waals surface area contributed by atoms with Crippen molar-refractivity contribution >= 4 is 24.4 Å². The smallest absolute Gasteiger partial charge is 0.416 e. The van der Waals surface area contributed by atoms with Crippen LogP contribution < -0.4 is 20.7 Å². The van der Waals surface area contributed by atoms with Gasteiger partial charge in [-0.1, -0.05) is 30.3 Å². The highest BCUT2D eigenvalue weighted by Gasteiger charge is 2.32. The lowest BCUT2D eigenvalue weighted by atomic mass is 9.95. The molecule has 2 N–H and O–H groups in total. The molecule has 1 fully saturated rings. The lowest BCUT2D eigenvalue weighted by Crippen LogP contribution is -2.32. The monoisotopic (exact) mass is 646 g/mol. The van der Waals surface area contributed by atoms with Gasteiger partial charge in [0.2, 0.25) is 0 Å². The first-order valence-corrected chi connectivity index (χ1v) is 16.6. The van der Waals surface area contributed by atoms with Crippen LogP contribution in [0.5, 0.6) is 5.75 Å². The van der Waals surface area contributed by atoms with Crippen molar-refractivity contribution in [1.29, 1.82) is 0 Å². The van der Waals surface area contributed by atoms with Gasteiger partial charge >= 0.3 is 12.3 Å². The van der Waals surface area contributed by atoms with E-state index in [-0.39, 0.29) is 12.5 Å². The van der Waals surface area contributed by atoms with E-state index in [2.05, 4.69) is 10.6 Å². The predicted molar refractivity (Wildman–Crippen MR) is 167 cm³/mol. The van der Waals surface area contributed by atoms with Crippen molar-refractivity contribution in [2.75, 3.05) is 32.6 Å². The minimum atomic E-state index is -4.55. The molecule has 0 radical (unpaired) electrons. The second-order valence-corrected chi connectivity index (χ2v) is 15.0. The molecule has 0 saturated carbocycles. The summed E-state index contributed by atoms with van der Waals surface area (Å²) in [5, 5.41) is 6.07. The van der Waals surface area contributed by atoms with Crippen LogP contribution in [-0.2, 0) is 26.8 Å². The number of nitrogens with one attached hydrogen (secondary N) is 2. The molecule has 8 nitrogen and oxygen atoms in total. The number of methoxy groups -OCH3 is 1. The largest absolute Gasteiger partial charge is 0.496 e. The van der Waals surface area contributed by atoms with E-state index in [1.54, 1.807) is 70.2 Å². The van der Waals surface area contributed by atoms with E-state index in [0.29, 0.717) is 58.8 Å². The van der Waals surface area contributed by atoms with Crippen molar-refractivity contribution < 1.29 is 41.5 Å². The van der Waals surface area contributed by atoms with Gasteiger partial charge in [0.05, 0.1) is 37.2 Å². The first kappa shape index (κ1) is 34.1. The fraction of sp³-hybridized carbons (Fsp3) is 0.394. The van der Waals surface area contributed by atoms with Gasteiger partial charge in [-0.05, 0) is 80.3 Å². The van der Waals surface area contributed by atoms with Crippen LogP contribution in [0.15, 0.2) is 60.7 Å². The highest BCUT2D eigenvalue weighted by molar-refractivity contribution is 7.71. The van der Waals surface area contributed by atoms with Crippen LogP contribution in [-0.4, -0.2) is 50.2 Å². The molecule has 242 valence electrons. The molecule has 1 aliphatic rings. The SMILES string of the molecule is COc1ccc(C(=O)N[C@H](C)c2ccc(-c3cc(C(F)(F)F)ccc3CNC(=O)OC(C)(C)C)cc2)cc1P1(=O)CCOCC1. The topological polar surface area (TPSA) is 103 Å². The third-order valence-corrected chi connectivity index (χ3v) is 10.4. The summed E-state index contributed by atoms with van der Waals surface area (Å²) in [7, 11) is -1.29. The molecule has 3 aromatic carbocycles. The maximum Gasteiger partial charge on any atom is 0.416 e. The molecule has 0 spiro atoms. The van der Waals surface area contributed by atoms with Gasteiger partial charge in [0.1, 0.15) is 18.5 Å². The Morgan fingerprint density at radius 3 is 2.24 bits per heavy atom. The number of amides is 2. The molecule has 45 heavy (non-hydrogen) atoms. The quantitative estimate of drug-likeness (QED) is 0.258. The van der Waals surface area contributed by atoms with Crippen molar-refractivity contribution in [3.8, 4) is 16.9 Å². The zero-order valence-corrected chi connectivity index (χ0v) is 26.8. The van der Waals surface area contributed by atoms with Crippen molar-refractivity contribution in [1.82, 2.24) is 10.6 Å². The molecule has 1 saturated heterocycles. The van der Waals surface area contributed by atoms with Crippen molar-refractivity contribution in [2.24, 2.45) is 0 Å². The number of carbonyl (C=O) groups is 2. The maximum atomic E-state index is 13.6. The number of carbonyl (C=O) groups excluding carboxylic acids is 2. The number of rotatable bonds is 8. The Morgan fingerprint density at radius 2 is 1.64 bits per heavy atom. The fourth-order valence-electron chi connectivity index (χ4n) is 5.00. The number of alkyl carbamates (subject to hydrolysis) is 1. The Balaban J connectivity index is 1.53. The Morgan fingerprint density at radius 1 is 0.978 bits per heavy atom. The standard InChI is InChI=1S/C33H38F3N2O6P/c1-21(38-30(39)24-11-13-28(42-5)29(18-24)45(41)16-14-43-15-17-45)22-6-8-23(9-7-22)27-19-26(33(34,35)36)12-10-25(27)20-37-31(40)44-32(2,3)4/h6-13,18-19,21H,14-17,20H2,1-5H3,(H,37,40)(H,38,39)/t21-/m1/s1. The summed E-state index contributed by atoms with van der Waals surface area (Å²) in [6.45, 7) is 7.65. The van der Waals surface area contributed by atoms with E-state index in [9.17, 15) is 27.3 Å². The number of alkyl halides is 3. The van der Waals surface area contributed by atoms with Gasteiger partial charge in [-0.2, -0.15) is 13.2 Å². The summed E-state index contributed by atoms with van der Waals surface area (Å²) in [5.41, 5.74) is 0.797. The van der Waals surface area contributed by atoms with Gasteiger partial charge in [0.15, 0.2) is 0 Å². The van der Waals surface area contributed by atoms with E-state index in [1.165, 1.54) is 13.2 Å². The summed E-state index contributed by atoms with van der Waals surface area (Å²) >= 11 is 0. The lowest BCUT2D eigenvalue weighted by Gasteiger charge is -2.25. The molecule has 12 heteroatoms. The minimum Gasteiger partial charge on any atom is -0.496 e. The number of halogens is 3. The van der Waals surface area contributed by atoms with Crippen LogP contribution in [0.3, 0.4) is 0 Å². The van der Waals surface area contributed by atoms with Crippen molar-refractivity contribution in [2.45, 2.75) is 52.1 Å². The Hall–Kier alpha value is -3.82. The lowest BCUT2D eigenvalue weighted by molar-refractivity contribution is -0.137. The Kier molecular flexibility index (Phi) is 10.3. The molecule has 1 atom stereocenters. The summed E-state index contributed by atoms with van der Waals surface area (Å²) in [4.78, 5) is 25.4. The molecular weight excluding hydrogens is 608 g/mol. The summed E-state index contributed by atoms with van der Waals surface area (Å²) in [6.07, 6.45) is -4.48. The second-order valence-electron chi connectivity index (χ2n) is 11.9. The fourth-order valence-corrected chi connectivity index (χ4v) is 7.50. The number of hydrogen-bond acceptors (Lipinski definition) is 6. The summed E-state index contributed by atoms with van der Waals surface area (Å²) < 4.78 is 70.4. The van der Waals surface area contributed by atoms with E-state index >= 15 is 0 Å². The van der Waals surface area contributed by atoms with E-state index in [0.717, 1.165) is 17.7 Å². The van der Waals surface area contributed by atoms with Gasteiger partial charge in [0.25, 0.3) is 5.91 Å². The van der Waals surface area contributed by atoms with Crippen LogP contribution in [0.25, 0.3) is 11.1 Å². The number of benzene rings is 3. The van der Waals surface area contributed by atoms with Crippen LogP contribution in [0, 0.1) is 0 Å². The summed E-state index contributed by atoms with van der Waals surface area (Å²) in [6, 6.07) is 14.6. The molecule has 0 aliphatic carbocycles. The zero-order chi connectivity index (χ0) is 33.0. The van der Waals surface area contributed by atoms with Gasteiger partial charge < -0.3 is 29.4 Å². The molecule has 1 heterocycles. The highest BCUT2D eigenvalue weighted by atomic mass is 31.2.